The summed E-state index contributed by atoms with van der Waals surface area (Å²) in [5, 5.41) is 2.15. The van der Waals surface area contributed by atoms with Crippen LogP contribution < -0.4 is 5.73 Å². The Balaban J connectivity index is 2.61. The van der Waals surface area contributed by atoms with Gasteiger partial charge in [-0.3, -0.25) is 0 Å². The van der Waals surface area contributed by atoms with E-state index >= 15 is 0 Å². The summed E-state index contributed by atoms with van der Waals surface area (Å²) in [7, 11) is 0. The first-order valence-electron chi connectivity index (χ1n) is 4.62. The zero-order chi connectivity index (χ0) is 10.4. The monoisotopic (exact) mass is 261 g/mol. The van der Waals surface area contributed by atoms with Gasteiger partial charge in [0.15, 0.2) is 0 Å². The molecule has 0 amide bonds. The predicted molar refractivity (Wildman–Crippen MR) is 65.8 cm³/mol. The van der Waals surface area contributed by atoms with Crippen molar-refractivity contribution in [2.24, 2.45) is 0 Å². The summed E-state index contributed by atoms with van der Waals surface area (Å²) in [6.07, 6.45) is 0. The highest BCUT2D eigenvalue weighted by Crippen LogP contribution is 2.34. The van der Waals surface area contributed by atoms with E-state index < -0.39 is 0 Å². The smallest absolute Gasteiger partial charge is 0.149 e. The van der Waals surface area contributed by atoms with Crippen molar-refractivity contribution in [3.63, 3.8) is 0 Å². The van der Waals surface area contributed by atoms with E-state index in [1.807, 2.05) is 36.4 Å². The van der Waals surface area contributed by atoms with Gasteiger partial charge in [0.1, 0.15) is 11.2 Å². The van der Waals surface area contributed by atoms with E-state index in [0.29, 0.717) is 0 Å². The van der Waals surface area contributed by atoms with Gasteiger partial charge in [0.25, 0.3) is 0 Å². The van der Waals surface area contributed by atoms with Crippen LogP contribution in [0.3, 0.4) is 0 Å². The van der Waals surface area contributed by atoms with Gasteiger partial charge in [-0.2, -0.15) is 0 Å². The maximum atomic E-state index is 5.80. The average Bonchev–Trinajstić information content (AvgIpc) is 2.57. The number of nitrogens with two attached hydrogens (primary N) is 1. The second-order valence-electron chi connectivity index (χ2n) is 3.48. The highest BCUT2D eigenvalue weighted by molar-refractivity contribution is 9.10. The number of rotatable bonds is 0. The summed E-state index contributed by atoms with van der Waals surface area (Å²) in [6.45, 7) is 0. The maximum absolute atomic E-state index is 5.80. The number of furan rings is 1. The number of halogens is 1. The largest absolute Gasteiger partial charge is 0.455 e. The van der Waals surface area contributed by atoms with E-state index in [4.69, 9.17) is 10.2 Å². The van der Waals surface area contributed by atoms with E-state index in [-0.39, 0.29) is 0 Å². The molecule has 0 fully saturated rings. The van der Waals surface area contributed by atoms with Crippen molar-refractivity contribution in [1.82, 2.24) is 0 Å². The fourth-order valence-electron chi connectivity index (χ4n) is 1.81. The summed E-state index contributed by atoms with van der Waals surface area (Å²) >= 11 is 3.45. The van der Waals surface area contributed by atoms with Gasteiger partial charge in [-0.1, -0.05) is 18.2 Å². The van der Waals surface area contributed by atoms with E-state index in [9.17, 15) is 0 Å². The lowest BCUT2D eigenvalue weighted by molar-refractivity contribution is 0.667. The molecule has 0 saturated carbocycles. The van der Waals surface area contributed by atoms with Gasteiger partial charge < -0.3 is 10.2 Å². The molecule has 0 saturated heterocycles. The minimum Gasteiger partial charge on any atom is -0.455 e. The molecule has 3 rings (SSSR count). The first kappa shape index (κ1) is 8.80. The molecule has 2 aromatic carbocycles. The van der Waals surface area contributed by atoms with Crippen LogP contribution in [0.5, 0.6) is 0 Å². The highest BCUT2D eigenvalue weighted by Gasteiger charge is 2.09. The SMILES string of the molecule is Nc1cc(Br)c2oc3ccccc3c2c1. The molecule has 3 heteroatoms. The summed E-state index contributed by atoms with van der Waals surface area (Å²) in [5.41, 5.74) is 8.28. The lowest BCUT2D eigenvalue weighted by Gasteiger charge is -1.95. The van der Waals surface area contributed by atoms with E-state index in [2.05, 4.69) is 15.9 Å². The molecular weight excluding hydrogens is 254 g/mol. The van der Waals surface area contributed by atoms with E-state index in [1.165, 1.54) is 0 Å². The minimum atomic E-state index is 0.737. The Bertz CT molecular complexity index is 657. The summed E-state index contributed by atoms with van der Waals surface area (Å²) in [5.74, 6) is 0. The molecule has 0 bridgehead atoms. The summed E-state index contributed by atoms with van der Waals surface area (Å²) in [6, 6.07) is 11.7. The summed E-state index contributed by atoms with van der Waals surface area (Å²) < 4.78 is 6.63. The number of nitrogen functional groups attached to an aromatic ring is 1. The molecule has 1 aromatic heterocycles. The normalized spacial score (nSPS) is 11.3. The Morgan fingerprint density at radius 2 is 1.87 bits per heavy atom. The van der Waals surface area contributed by atoms with E-state index in [0.717, 1.165) is 32.1 Å². The number of hydrogen-bond acceptors (Lipinski definition) is 2. The quantitative estimate of drug-likeness (QED) is 0.623. The third-order valence-electron chi connectivity index (χ3n) is 2.46. The van der Waals surface area contributed by atoms with Gasteiger partial charge in [0.05, 0.1) is 4.47 Å². The zero-order valence-corrected chi connectivity index (χ0v) is 9.41. The highest BCUT2D eigenvalue weighted by atomic mass is 79.9. The molecule has 0 radical (unpaired) electrons. The Kier molecular flexibility index (Phi) is 1.76. The van der Waals surface area contributed by atoms with Gasteiger partial charge in [-0.15, -0.1) is 0 Å². The van der Waals surface area contributed by atoms with Crippen LogP contribution in [0.2, 0.25) is 0 Å². The van der Waals surface area contributed by atoms with Crippen molar-refractivity contribution in [3.8, 4) is 0 Å². The lowest BCUT2D eigenvalue weighted by Crippen LogP contribution is -1.83. The molecule has 0 aliphatic heterocycles. The van der Waals surface area contributed by atoms with Crippen LogP contribution in [0, 0.1) is 0 Å². The first-order valence-corrected chi connectivity index (χ1v) is 5.41. The van der Waals surface area contributed by atoms with Crippen molar-refractivity contribution < 1.29 is 4.42 Å². The Labute approximate surface area is 94.8 Å². The number of anilines is 1. The van der Waals surface area contributed by atoms with Crippen LogP contribution in [0.1, 0.15) is 0 Å². The summed E-state index contributed by atoms with van der Waals surface area (Å²) in [4.78, 5) is 0. The van der Waals surface area contributed by atoms with Gasteiger partial charge in [0.2, 0.25) is 0 Å². The van der Waals surface area contributed by atoms with Crippen molar-refractivity contribution in [2.75, 3.05) is 5.73 Å². The Hall–Kier alpha value is -1.48. The van der Waals surface area contributed by atoms with Crippen molar-refractivity contribution in [1.29, 1.82) is 0 Å². The molecular formula is C12H8BrNO. The average molecular weight is 262 g/mol. The van der Waals surface area contributed by atoms with Crippen LogP contribution in [0.4, 0.5) is 5.69 Å². The molecule has 3 aromatic rings. The number of para-hydroxylation sites is 1. The lowest BCUT2D eigenvalue weighted by atomic mass is 10.1. The molecule has 15 heavy (non-hydrogen) atoms. The van der Waals surface area contributed by atoms with Crippen molar-refractivity contribution >= 4 is 43.6 Å². The third-order valence-corrected chi connectivity index (χ3v) is 3.04. The standard InChI is InChI=1S/C12H8BrNO/c13-10-6-7(14)5-9-8-3-1-2-4-11(8)15-12(9)10/h1-6H,14H2. The number of fused-ring (bicyclic) bond motifs is 3. The topological polar surface area (TPSA) is 39.2 Å². The van der Waals surface area contributed by atoms with Crippen molar-refractivity contribution in [2.45, 2.75) is 0 Å². The van der Waals surface area contributed by atoms with Crippen LogP contribution in [0.25, 0.3) is 21.9 Å². The third kappa shape index (κ3) is 1.23. The minimum absolute atomic E-state index is 0.737. The fourth-order valence-corrected chi connectivity index (χ4v) is 2.37. The number of hydrogen-bond donors (Lipinski definition) is 1. The van der Waals surface area contributed by atoms with Crippen LogP contribution in [-0.4, -0.2) is 0 Å². The molecule has 0 spiro atoms. The van der Waals surface area contributed by atoms with Crippen LogP contribution in [0.15, 0.2) is 45.3 Å². The molecule has 1 heterocycles. The fraction of sp³-hybridized carbons (Fsp3) is 0. The molecule has 0 aliphatic carbocycles. The number of benzene rings is 2. The molecule has 0 unspecified atom stereocenters. The molecule has 0 aliphatic rings. The predicted octanol–water partition coefficient (Wildman–Crippen LogP) is 3.93. The molecule has 2 N–H and O–H groups in total. The van der Waals surface area contributed by atoms with Crippen LogP contribution in [-0.2, 0) is 0 Å². The Morgan fingerprint density at radius 1 is 1.07 bits per heavy atom. The Morgan fingerprint density at radius 3 is 2.73 bits per heavy atom. The molecule has 2 nitrogen and oxygen atoms in total. The van der Waals surface area contributed by atoms with Gasteiger partial charge in [0, 0.05) is 16.5 Å². The van der Waals surface area contributed by atoms with Gasteiger partial charge in [-0.25, -0.2) is 0 Å². The van der Waals surface area contributed by atoms with Crippen LogP contribution >= 0.6 is 15.9 Å². The molecule has 0 atom stereocenters. The maximum Gasteiger partial charge on any atom is 0.149 e. The van der Waals surface area contributed by atoms with E-state index in [1.54, 1.807) is 0 Å². The van der Waals surface area contributed by atoms with Gasteiger partial charge >= 0.3 is 0 Å². The second kappa shape index (κ2) is 3.00. The molecule has 74 valence electrons. The van der Waals surface area contributed by atoms with Crippen molar-refractivity contribution in [3.05, 3.63) is 40.9 Å². The second-order valence-corrected chi connectivity index (χ2v) is 4.33. The first-order chi connectivity index (χ1) is 7.25. The van der Waals surface area contributed by atoms with Gasteiger partial charge in [-0.05, 0) is 34.1 Å². The zero-order valence-electron chi connectivity index (χ0n) is 7.83.